The maximum absolute atomic E-state index is 11.0. The number of aliphatic hydroxyl groups is 2. The molecule has 4 atom stereocenters. The van der Waals surface area contributed by atoms with Gasteiger partial charge in [-0.2, -0.15) is 0 Å². The molecule has 0 aliphatic heterocycles. The van der Waals surface area contributed by atoms with Crippen molar-refractivity contribution in [2.45, 2.75) is 102 Å². The lowest BCUT2D eigenvalue weighted by molar-refractivity contribution is -0.146. The molecular formula is C24H50O6Si2. The van der Waals surface area contributed by atoms with E-state index in [-0.39, 0.29) is 36.5 Å². The van der Waals surface area contributed by atoms with Gasteiger partial charge in [-0.25, -0.2) is 0 Å². The summed E-state index contributed by atoms with van der Waals surface area (Å²) in [6, 6.07) is 0. The van der Waals surface area contributed by atoms with Crippen molar-refractivity contribution < 1.29 is 28.5 Å². The minimum atomic E-state index is -2.06. The Kier molecular flexibility index (Phi) is 12.8. The Hall–Kier alpha value is -0.326. The van der Waals surface area contributed by atoms with E-state index in [1.807, 2.05) is 0 Å². The van der Waals surface area contributed by atoms with E-state index >= 15 is 0 Å². The summed E-state index contributed by atoms with van der Waals surface area (Å²) in [7, 11) is -4.12. The van der Waals surface area contributed by atoms with E-state index in [0.717, 1.165) is 0 Å². The molecule has 2 N–H and O–H groups in total. The maximum atomic E-state index is 11.0. The van der Waals surface area contributed by atoms with Gasteiger partial charge in [0.15, 0.2) is 16.6 Å². The SMILES string of the molecule is C=CCO[C@H](CO[Si](C)(C)C(C)(C)C)[C@@H](O)[C@H](O)[C@@H](CO[Si](C)(C)C(C)(C)C)OCC=C. The van der Waals surface area contributed by atoms with Crippen molar-refractivity contribution in [1.82, 2.24) is 0 Å². The van der Waals surface area contributed by atoms with E-state index in [0.29, 0.717) is 0 Å². The molecule has 0 amide bonds. The van der Waals surface area contributed by atoms with Gasteiger partial charge in [-0.1, -0.05) is 53.7 Å². The molecule has 6 nitrogen and oxygen atoms in total. The molecule has 0 aliphatic carbocycles. The van der Waals surface area contributed by atoms with E-state index in [2.05, 4.69) is 80.9 Å². The van der Waals surface area contributed by atoms with E-state index in [4.69, 9.17) is 18.3 Å². The molecule has 8 heteroatoms. The number of hydrogen-bond donors (Lipinski definition) is 2. The Morgan fingerprint density at radius 1 is 0.688 bits per heavy atom. The number of hydrogen-bond acceptors (Lipinski definition) is 6. The first-order chi connectivity index (χ1) is 14.4. The molecule has 0 spiro atoms. The lowest BCUT2D eigenvalue weighted by Crippen LogP contribution is -2.53. The fourth-order valence-electron chi connectivity index (χ4n) is 2.33. The fourth-order valence-corrected chi connectivity index (χ4v) is 4.36. The molecule has 0 saturated carbocycles. The minimum absolute atomic E-state index is 0.0200. The van der Waals surface area contributed by atoms with Crippen LogP contribution >= 0.6 is 0 Å². The predicted molar refractivity (Wildman–Crippen MR) is 138 cm³/mol. The highest BCUT2D eigenvalue weighted by atomic mass is 28.4. The van der Waals surface area contributed by atoms with Crippen LogP contribution in [0.5, 0.6) is 0 Å². The quantitative estimate of drug-likeness (QED) is 0.251. The van der Waals surface area contributed by atoms with Crippen LogP contribution in [0.15, 0.2) is 25.3 Å². The van der Waals surface area contributed by atoms with Gasteiger partial charge >= 0.3 is 0 Å². The van der Waals surface area contributed by atoms with Gasteiger partial charge in [0.25, 0.3) is 0 Å². The Labute approximate surface area is 199 Å². The van der Waals surface area contributed by atoms with Crippen molar-refractivity contribution in [1.29, 1.82) is 0 Å². The van der Waals surface area contributed by atoms with Crippen molar-refractivity contribution in [3.05, 3.63) is 25.3 Å². The van der Waals surface area contributed by atoms with Gasteiger partial charge in [-0.3, -0.25) is 0 Å². The molecule has 32 heavy (non-hydrogen) atoms. The highest BCUT2D eigenvalue weighted by Crippen LogP contribution is 2.38. The Morgan fingerprint density at radius 2 is 0.969 bits per heavy atom. The smallest absolute Gasteiger partial charge is 0.192 e. The summed E-state index contributed by atoms with van der Waals surface area (Å²) in [6.07, 6.45) is -0.634. The third-order valence-corrected chi connectivity index (χ3v) is 15.8. The first kappa shape index (κ1) is 31.7. The molecule has 0 rings (SSSR count). The van der Waals surface area contributed by atoms with Crippen LogP contribution in [0.4, 0.5) is 0 Å². The second kappa shape index (κ2) is 12.9. The fraction of sp³-hybridized carbons (Fsp3) is 0.833. The van der Waals surface area contributed by atoms with Gasteiger partial charge < -0.3 is 28.5 Å². The average molecular weight is 491 g/mol. The van der Waals surface area contributed by atoms with Gasteiger partial charge in [-0.05, 0) is 36.3 Å². The highest BCUT2D eigenvalue weighted by Gasteiger charge is 2.42. The number of ether oxygens (including phenoxy) is 2. The normalized spacial score (nSPS) is 17.5. The zero-order valence-corrected chi connectivity index (χ0v) is 24.2. The first-order valence-corrected chi connectivity index (χ1v) is 17.3. The monoisotopic (exact) mass is 490 g/mol. The third kappa shape index (κ3) is 9.89. The molecule has 0 saturated heterocycles. The Balaban J connectivity index is 5.48. The molecule has 0 unspecified atom stereocenters. The third-order valence-electron chi connectivity index (χ3n) is 6.80. The van der Waals surface area contributed by atoms with Crippen LogP contribution < -0.4 is 0 Å². The largest absolute Gasteiger partial charge is 0.414 e. The molecule has 0 radical (unpaired) electrons. The van der Waals surface area contributed by atoms with Gasteiger partial charge in [0.1, 0.15) is 24.4 Å². The Bertz CT molecular complexity index is 516. The Morgan fingerprint density at radius 3 is 1.19 bits per heavy atom. The van der Waals surface area contributed by atoms with Gasteiger partial charge in [-0.15, -0.1) is 13.2 Å². The standard InChI is InChI=1S/C24H50O6Si2/c1-13-15-27-19(17-29-31(9,10)23(3,4)5)21(25)22(26)20(28-16-14-2)18-30-32(11,12)24(6,7)8/h13-14,19-22,25-26H,1-2,15-18H2,3-12H3/t19-,20-,21-,22-/m1/s1. The number of aliphatic hydroxyl groups excluding tert-OH is 2. The second-order valence-electron chi connectivity index (χ2n) is 11.4. The van der Waals surface area contributed by atoms with E-state index in [9.17, 15) is 10.2 Å². The lowest BCUT2D eigenvalue weighted by Gasteiger charge is -2.40. The lowest BCUT2D eigenvalue weighted by atomic mass is 10.0. The maximum Gasteiger partial charge on any atom is 0.192 e. The topological polar surface area (TPSA) is 77.4 Å². The van der Waals surface area contributed by atoms with Gasteiger partial charge in [0, 0.05) is 0 Å². The van der Waals surface area contributed by atoms with Crippen molar-refractivity contribution in [3.63, 3.8) is 0 Å². The van der Waals surface area contributed by atoms with E-state index in [1.54, 1.807) is 12.2 Å². The zero-order chi connectivity index (χ0) is 25.4. The van der Waals surface area contributed by atoms with E-state index < -0.39 is 41.1 Å². The summed E-state index contributed by atoms with van der Waals surface area (Å²) in [5, 5.41) is 22.1. The van der Waals surface area contributed by atoms with Crippen LogP contribution in [0.2, 0.25) is 36.3 Å². The summed E-state index contributed by atoms with van der Waals surface area (Å²) in [5.41, 5.74) is 0. The summed E-state index contributed by atoms with van der Waals surface area (Å²) >= 11 is 0. The van der Waals surface area contributed by atoms with Crippen molar-refractivity contribution >= 4 is 16.6 Å². The van der Waals surface area contributed by atoms with Gasteiger partial charge in [0.05, 0.1) is 26.4 Å². The average Bonchev–Trinajstić information content (AvgIpc) is 2.65. The van der Waals surface area contributed by atoms with Crippen molar-refractivity contribution in [3.8, 4) is 0 Å². The van der Waals surface area contributed by atoms with Crippen molar-refractivity contribution in [2.75, 3.05) is 26.4 Å². The first-order valence-electron chi connectivity index (χ1n) is 11.5. The molecule has 0 bridgehead atoms. The van der Waals surface area contributed by atoms with Crippen molar-refractivity contribution in [2.24, 2.45) is 0 Å². The molecule has 0 aliphatic rings. The zero-order valence-electron chi connectivity index (χ0n) is 22.2. The second-order valence-corrected chi connectivity index (χ2v) is 21.1. The summed E-state index contributed by atoms with van der Waals surface area (Å²) in [5.74, 6) is 0. The van der Waals surface area contributed by atoms with Crippen LogP contribution in [0.25, 0.3) is 0 Å². The van der Waals surface area contributed by atoms with Crippen LogP contribution in [0.3, 0.4) is 0 Å². The molecule has 190 valence electrons. The predicted octanol–water partition coefficient (Wildman–Crippen LogP) is 4.89. The summed E-state index contributed by atoms with van der Waals surface area (Å²) in [4.78, 5) is 0. The van der Waals surface area contributed by atoms with Crippen LogP contribution in [-0.2, 0) is 18.3 Å². The molecule has 0 aromatic heterocycles. The molecule has 0 aromatic carbocycles. The van der Waals surface area contributed by atoms with Crippen LogP contribution in [0.1, 0.15) is 41.5 Å². The highest BCUT2D eigenvalue weighted by molar-refractivity contribution is 6.74. The number of rotatable bonds is 15. The van der Waals surface area contributed by atoms with Crippen LogP contribution in [-0.4, -0.2) is 77.7 Å². The molecular weight excluding hydrogens is 440 g/mol. The minimum Gasteiger partial charge on any atom is -0.414 e. The van der Waals surface area contributed by atoms with Gasteiger partial charge in [0.2, 0.25) is 0 Å². The summed E-state index contributed by atoms with van der Waals surface area (Å²) < 4.78 is 24.1. The van der Waals surface area contributed by atoms with Crippen LogP contribution in [0, 0.1) is 0 Å². The van der Waals surface area contributed by atoms with E-state index in [1.165, 1.54) is 0 Å². The molecule has 0 aromatic rings. The molecule has 0 fully saturated rings. The molecule has 0 heterocycles. The summed E-state index contributed by atoms with van der Waals surface area (Å²) in [6.45, 7) is 29.7.